The van der Waals surface area contributed by atoms with Crippen molar-refractivity contribution in [1.82, 2.24) is 4.90 Å². The maximum absolute atomic E-state index is 11.6. The van der Waals surface area contributed by atoms with E-state index in [0.29, 0.717) is 12.1 Å². The highest BCUT2D eigenvalue weighted by molar-refractivity contribution is 5.91. The van der Waals surface area contributed by atoms with Crippen LogP contribution in [-0.2, 0) is 11.3 Å². The van der Waals surface area contributed by atoms with Gasteiger partial charge in [0, 0.05) is 30.6 Å². The van der Waals surface area contributed by atoms with Crippen molar-refractivity contribution in [3.8, 4) is 17.2 Å². The van der Waals surface area contributed by atoms with Crippen molar-refractivity contribution in [3.63, 3.8) is 0 Å². The largest absolute Gasteiger partial charge is 0.507 e. The number of phenols is 1. The van der Waals surface area contributed by atoms with Crippen LogP contribution in [0.15, 0.2) is 30.3 Å². The van der Waals surface area contributed by atoms with E-state index in [1.165, 1.54) is 0 Å². The lowest BCUT2D eigenvalue weighted by Gasteiger charge is -2.51. The van der Waals surface area contributed by atoms with Crippen molar-refractivity contribution >= 4 is 5.97 Å². The van der Waals surface area contributed by atoms with Crippen LogP contribution in [0.25, 0.3) is 0 Å². The van der Waals surface area contributed by atoms with Gasteiger partial charge in [-0.25, -0.2) is 4.79 Å². The zero-order valence-corrected chi connectivity index (χ0v) is 19.5. The molecule has 0 aliphatic carbocycles. The average molecular weight is 454 g/mol. The summed E-state index contributed by atoms with van der Waals surface area (Å²) in [4.78, 5) is 13.9. The molecule has 0 unspecified atom stereocenters. The van der Waals surface area contributed by atoms with Crippen molar-refractivity contribution in [2.45, 2.75) is 64.0 Å². The fourth-order valence-corrected chi connectivity index (χ4v) is 5.86. The normalized spacial score (nSPS) is 27.8. The summed E-state index contributed by atoms with van der Waals surface area (Å²) in [5.74, 6) is 0.408. The Kier molecular flexibility index (Phi) is 5.29. The van der Waals surface area contributed by atoms with Gasteiger partial charge in [-0.1, -0.05) is 18.2 Å². The number of aromatic carboxylic acids is 1. The molecule has 4 atom stereocenters. The second-order valence-electron chi connectivity index (χ2n) is 9.96. The molecule has 2 aromatic rings. The van der Waals surface area contributed by atoms with Crippen molar-refractivity contribution in [2.75, 3.05) is 13.7 Å². The molecule has 2 saturated heterocycles. The number of nitrogens with zero attached hydrogens (tertiary/aromatic N) is 1. The third-order valence-electron chi connectivity index (χ3n) is 7.55. The van der Waals surface area contributed by atoms with Crippen LogP contribution in [0.5, 0.6) is 17.2 Å². The van der Waals surface area contributed by atoms with E-state index in [1.807, 2.05) is 18.2 Å². The summed E-state index contributed by atoms with van der Waals surface area (Å²) in [6, 6.07) is 9.66. The van der Waals surface area contributed by atoms with Gasteiger partial charge >= 0.3 is 5.97 Å². The van der Waals surface area contributed by atoms with E-state index in [2.05, 4.69) is 24.8 Å². The molecule has 0 spiro atoms. The highest BCUT2D eigenvalue weighted by atomic mass is 16.5. The van der Waals surface area contributed by atoms with E-state index in [4.69, 9.17) is 14.2 Å². The molecule has 0 saturated carbocycles. The lowest BCUT2D eigenvalue weighted by atomic mass is 9.74. The van der Waals surface area contributed by atoms with Crippen LogP contribution in [0.3, 0.4) is 0 Å². The quantitative estimate of drug-likeness (QED) is 0.714. The Balaban J connectivity index is 1.42. The van der Waals surface area contributed by atoms with E-state index in [-0.39, 0.29) is 35.5 Å². The van der Waals surface area contributed by atoms with Gasteiger partial charge in [-0.2, -0.15) is 0 Å². The Morgan fingerprint density at radius 3 is 2.82 bits per heavy atom. The van der Waals surface area contributed by atoms with Gasteiger partial charge in [0.25, 0.3) is 0 Å². The molecule has 0 amide bonds. The van der Waals surface area contributed by atoms with Crippen LogP contribution in [0.1, 0.15) is 59.8 Å². The molecule has 2 fully saturated rings. The summed E-state index contributed by atoms with van der Waals surface area (Å²) in [6.45, 7) is 7.47. The van der Waals surface area contributed by atoms with Crippen LogP contribution in [-0.4, -0.2) is 52.5 Å². The monoisotopic (exact) mass is 453 g/mol. The number of likely N-dealkylation sites (tertiary alicyclic amines) is 1. The number of rotatable bonds is 4. The summed E-state index contributed by atoms with van der Waals surface area (Å²) in [5, 5.41) is 19.6. The Morgan fingerprint density at radius 2 is 2.09 bits per heavy atom. The van der Waals surface area contributed by atoms with Gasteiger partial charge in [0.15, 0.2) is 11.5 Å². The van der Waals surface area contributed by atoms with Crippen molar-refractivity contribution < 1.29 is 29.2 Å². The molecule has 3 heterocycles. The molecule has 0 radical (unpaired) electrons. The zero-order chi connectivity index (χ0) is 23.5. The number of fused-ring (bicyclic) bond motifs is 4. The number of para-hydroxylation sites is 1. The molecule has 0 bridgehead atoms. The summed E-state index contributed by atoms with van der Waals surface area (Å²) in [6.07, 6.45) is 1.92. The van der Waals surface area contributed by atoms with Crippen molar-refractivity contribution in [3.05, 3.63) is 52.6 Å². The first-order chi connectivity index (χ1) is 15.7. The number of ether oxygens (including phenoxy) is 3. The molecule has 3 aliphatic rings. The number of benzene rings is 2. The maximum Gasteiger partial charge on any atom is 0.339 e. The molecule has 33 heavy (non-hydrogen) atoms. The highest BCUT2D eigenvalue weighted by Crippen LogP contribution is 2.54. The first kappa shape index (κ1) is 22.0. The number of hydrogen-bond acceptors (Lipinski definition) is 6. The molecule has 0 aromatic heterocycles. The Labute approximate surface area is 193 Å². The van der Waals surface area contributed by atoms with E-state index < -0.39 is 11.6 Å². The van der Waals surface area contributed by atoms with Gasteiger partial charge in [0.1, 0.15) is 16.9 Å². The second kappa shape index (κ2) is 7.92. The minimum atomic E-state index is -1.12. The predicted octanol–water partition coefficient (Wildman–Crippen LogP) is 4.30. The minimum absolute atomic E-state index is 0.0467. The minimum Gasteiger partial charge on any atom is -0.507 e. The molecule has 2 N–H and O–H groups in total. The maximum atomic E-state index is 11.6. The van der Waals surface area contributed by atoms with Gasteiger partial charge in [-0.3, -0.25) is 4.90 Å². The molecule has 7 nitrogen and oxygen atoms in total. The van der Waals surface area contributed by atoms with Crippen LogP contribution in [0.2, 0.25) is 0 Å². The Morgan fingerprint density at radius 1 is 1.30 bits per heavy atom. The van der Waals surface area contributed by atoms with Crippen LogP contribution in [0.4, 0.5) is 0 Å². The summed E-state index contributed by atoms with van der Waals surface area (Å²) in [7, 11) is 1.66. The third-order valence-corrected chi connectivity index (χ3v) is 7.55. The number of carbonyl (C=O) groups is 1. The summed E-state index contributed by atoms with van der Waals surface area (Å²) >= 11 is 0. The third kappa shape index (κ3) is 3.63. The predicted molar refractivity (Wildman–Crippen MR) is 122 cm³/mol. The summed E-state index contributed by atoms with van der Waals surface area (Å²) in [5.41, 5.74) is 2.05. The van der Waals surface area contributed by atoms with Crippen molar-refractivity contribution in [2.24, 2.45) is 5.92 Å². The Hall–Kier alpha value is -2.77. The molecular weight excluding hydrogens is 422 g/mol. The van der Waals surface area contributed by atoms with Crippen LogP contribution >= 0.6 is 0 Å². The summed E-state index contributed by atoms with van der Waals surface area (Å²) < 4.78 is 18.8. The zero-order valence-electron chi connectivity index (χ0n) is 19.5. The smallest absolute Gasteiger partial charge is 0.339 e. The molecule has 5 rings (SSSR count). The van der Waals surface area contributed by atoms with Crippen molar-refractivity contribution in [1.29, 1.82) is 0 Å². The molecule has 176 valence electrons. The lowest BCUT2D eigenvalue weighted by molar-refractivity contribution is -0.163. The molecule has 7 heteroatoms. The van der Waals surface area contributed by atoms with Gasteiger partial charge in [0.05, 0.1) is 19.3 Å². The van der Waals surface area contributed by atoms with Gasteiger partial charge < -0.3 is 24.4 Å². The first-order valence-electron chi connectivity index (χ1n) is 11.5. The number of aryl methyl sites for hydroxylation is 1. The molecular formula is C26H31NO6. The van der Waals surface area contributed by atoms with Gasteiger partial charge in [0.2, 0.25) is 0 Å². The topological polar surface area (TPSA) is 88.5 Å². The average Bonchev–Trinajstić information content (AvgIpc) is 3.16. The lowest BCUT2D eigenvalue weighted by Crippen LogP contribution is -2.53. The second-order valence-corrected chi connectivity index (χ2v) is 9.96. The molecule has 3 aliphatic heterocycles. The number of aromatic hydroxyl groups is 1. The van der Waals surface area contributed by atoms with E-state index in [9.17, 15) is 15.0 Å². The number of hydrogen-bond donors (Lipinski definition) is 2. The number of methoxy groups -OCH3 is 1. The van der Waals surface area contributed by atoms with Crippen LogP contribution < -0.4 is 9.47 Å². The van der Waals surface area contributed by atoms with Gasteiger partial charge in [-0.15, -0.1) is 0 Å². The number of carboxylic acids is 1. The van der Waals surface area contributed by atoms with E-state index in [1.54, 1.807) is 20.1 Å². The molecule has 2 aromatic carbocycles. The highest BCUT2D eigenvalue weighted by Gasteiger charge is 2.53. The standard InChI is InChI=1S/C26H31NO6/c1-14-10-15(11-17(22(14)28)25(29)30)13-27-9-8-20-19(27)12-18-23(32-20)16-6-5-7-21(31-4)24(16)33-26(18,2)3/h5-7,10-11,18-20,23,28H,8-9,12-13H2,1-4H3,(H,29,30)/t18-,19+,20-,23+/m0/s1. The Bertz CT molecular complexity index is 1100. The fraction of sp³-hybridized carbons (Fsp3) is 0.500. The first-order valence-corrected chi connectivity index (χ1v) is 11.5. The SMILES string of the molecule is COc1cccc2c1OC(C)(C)[C@H]1C[C@@H]3[C@H](CCN3Cc3cc(C)c(O)c(C(=O)O)c3)O[C@H]21. The number of carboxylic acid groups (broad SMARTS) is 1. The van der Waals surface area contributed by atoms with Gasteiger partial charge in [-0.05, 0) is 56.9 Å². The van der Waals surface area contributed by atoms with Crippen LogP contribution in [0, 0.1) is 12.8 Å². The fourth-order valence-electron chi connectivity index (χ4n) is 5.86. The van der Waals surface area contributed by atoms with E-state index >= 15 is 0 Å². The van der Waals surface area contributed by atoms with E-state index in [0.717, 1.165) is 42.0 Å².